The van der Waals surface area contributed by atoms with E-state index in [1.54, 1.807) is 0 Å². The minimum absolute atomic E-state index is 0.408. The predicted molar refractivity (Wildman–Crippen MR) is 78.6 cm³/mol. The van der Waals surface area contributed by atoms with Crippen LogP contribution in [-0.2, 0) is 4.74 Å². The summed E-state index contributed by atoms with van der Waals surface area (Å²) in [5.74, 6) is 0.779. The molecule has 0 amide bonds. The number of rotatable bonds is 4. The maximum atomic E-state index is 5.58. The van der Waals surface area contributed by atoms with Crippen LogP contribution >= 0.6 is 0 Å². The minimum Gasteiger partial charge on any atom is -0.380 e. The summed E-state index contributed by atoms with van der Waals surface area (Å²) < 4.78 is 5.58. The third kappa shape index (κ3) is 7.77. The smallest absolute Gasteiger partial charge is 0.0749 e. The second kappa shape index (κ2) is 14.0. The summed E-state index contributed by atoms with van der Waals surface area (Å²) in [6.07, 6.45) is 7.31. The first-order valence-corrected chi connectivity index (χ1v) is 7.49. The Balaban J connectivity index is 0. The molecule has 1 aliphatic rings. The van der Waals surface area contributed by atoms with Gasteiger partial charge in [-0.3, -0.25) is 0 Å². The summed E-state index contributed by atoms with van der Waals surface area (Å²) in [4.78, 5) is 0. The molecule has 0 aliphatic heterocycles. The molecule has 2 heteroatoms. The van der Waals surface area contributed by atoms with Crippen LogP contribution in [0.1, 0.15) is 66.7 Å². The highest BCUT2D eigenvalue weighted by Crippen LogP contribution is 2.29. The maximum absolute atomic E-state index is 5.58. The highest BCUT2D eigenvalue weighted by molar-refractivity contribution is 4.81. The SMILES string of the molecule is CC.CC.CNC(C)[C@H](OC)C1CCCCC1. The van der Waals surface area contributed by atoms with Crippen molar-refractivity contribution in [2.75, 3.05) is 14.2 Å². The van der Waals surface area contributed by atoms with E-state index in [1.165, 1.54) is 32.1 Å². The molecule has 1 unspecified atom stereocenters. The van der Waals surface area contributed by atoms with Crippen LogP contribution in [0.2, 0.25) is 0 Å². The van der Waals surface area contributed by atoms with Gasteiger partial charge >= 0.3 is 0 Å². The summed E-state index contributed by atoms with van der Waals surface area (Å²) in [6.45, 7) is 10.2. The molecular weight excluding hydrogens is 210 g/mol. The summed E-state index contributed by atoms with van der Waals surface area (Å²) in [7, 11) is 3.85. The molecule has 0 aromatic rings. The summed E-state index contributed by atoms with van der Waals surface area (Å²) in [5.41, 5.74) is 0. The van der Waals surface area contributed by atoms with Crippen molar-refractivity contribution >= 4 is 0 Å². The van der Waals surface area contributed by atoms with E-state index >= 15 is 0 Å². The first-order chi connectivity index (χ1) is 8.29. The standard InChI is InChI=1S/C11H23NO.2C2H6/c1-9(12-2)11(13-3)10-7-5-4-6-8-10;2*1-2/h9-12H,4-8H2,1-3H3;2*1-2H3/t9?,11-;;/m0../s1. The van der Waals surface area contributed by atoms with Gasteiger partial charge in [0, 0.05) is 13.2 Å². The van der Waals surface area contributed by atoms with E-state index in [0.717, 1.165) is 5.92 Å². The third-order valence-corrected chi connectivity index (χ3v) is 3.33. The number of likely N-dealkylation sites (N-methyl/N-ethyl adjacent to an activating group) is 1. The number of hydrogen-bond donors (Lipinski definition) is 1. The van der Waals surface area contributed by atoms with E-state index in [-0.39, 0.29) is 0 Å². The Bertz CT molecular complexity index is 133. The van der Waals surface area contributed by atoms with E-state index in [1.807, 2.05) is 41.9 Å². The van der Waals surface area contributed by atoms with Gasteiger partial charge in [-0.05, 0) is 32.7 Å². The highest BCUT2D eigenvalue weighted by atomic mass is 16.5. The first-order valence-electron chi connectivity index (χ1n) is 7.49. The van der Waals surface area contributed by atoms with Crippen molar-refractivity contribution in [1.29, 1.82) is 0 Å². The third-order valence-electron chi connectivity index (χ3n) is 3.33. The fourth-order valence-corrected chi connectivity index (χ4v) is 2.43. The zero-order chi connectivity index (χ0) is 13.7. The predicted octanol–water partition coefficient (Wildman–Crippen LogP) is 4.24. The molecule has 2 atom stereocenters. The van der Waals surface area contributed by atoms with Gasteiger partial charge < -0.3 is 10.1 Å². The molecule has 1 rings (SSSR count). The van der Waals surface area contributed by atoms with Crippen molar-refractivity contribution in [2.45, 2.75) is 78.9 Å². The molecule has 0 heterocycles. The van der Waals surface area contributed by atoms with Crippen molar-refractivity contribution in [3.63, 3.8) is 0 Å². The van der Waals surface area contributed by atoms with Gasteiger partial charge in [0.25, 0.3) is 0 Å². The monoisotopic (exact) mass is 245 g/mol. The second-order valence-corrected chi connectivity index (χ2v) is 4.18. The van der Waals surface area contributed by atoms with Gasteiger partial charge in [-0.1, -0.05) is 47.0 Å². The van der Waals surface area contributed by atoms with Crippen molar-refractivity contribution in [2.24, 2.45) is 5.92 Å². The quantitative estimate of drug-likeness (QED) is 0.800. The molecule has 0 aromatic carbocycles. The molecule has 1 N–H and O–H groups in total. The van der Waals surface area contributed by atoms with Gasteiger partial charge in [-0.25, -0.2) is 0 Å². The zero-order valence-electron chi connectivity index (χ0n) is 13.2. The normalized spacial score (nSPS) is 19.2. The molecule has 0 spiro atoms. The van der Waals surface area contributed by atoms with Crippen molar-refractivity contribution in [3.8, 4) is 0 Å². The topological polar surface area (TPSA) is 21.3 Å². The van der Waals surface area contributed by atoms with Crippen molar-refractivity contribution < 1.29 is 4.74 Å². The number of hydrogen-bond acceptors (Lipinski definition) is 2. The van der Waals surface area contributed by atoms with Crippen LogP contribution in [0, 0.1) is 5.92 Å². The molecule has 0 aromatic heterocycles. The van der Waals surface area contributed by atoms with E-state index in [0.29, 0.717) is 12.1 Å². The van der Waals surface area contributed by atoms with Crippen LogP contribution in [0.15, 0.2) is 0 Å². The lowest BCUT2D eigenvalue weighted by Gasteiger charge is -2.33. The van der Waals surface area contributed by atoms with Crippen LogP contribution in [0.3, 0.4) is 0 Å². The largest absolute Gasteiger partial charge is 0.380 e. The van der Waals surface area contributed by atoms with Gasteiger partial charge in [0.05, 0.1) is 6.10 Å². The molecule has 1 saturated carbocycles. The molecule has 0 radical (unpaired) electrons. The highest BCUT2D eigenvalue weighted by Gasteiger charge is 2.26. The van der Waals surface area contributed by atoms with Gasteiger partial charge in [-0.2, -0.15) is 0 Å². The summed E-state index contributed by atoms with van der Waals surface area (Å²) in [6, 6.07) is 0.480. The number of methoxy groups -OCH3 is 1. The molecule has 0 bridgehead atoms. The van der Waals surface area contributed by atoms with E-state index < -0.39 is 0 Å². The fraction of sp³-hybridized carbons (Fsp3) is 1.00. The number of ether oxygens (including phenoxy) is 1. The molecule has 1 aliphatic carbocycles. The van der Waals surface area contributed by atoms with E-state index in [4.69, 9.17) is 4.74 Å². The lowest BCUT2D eigenvalue weighted by Crippen LogP contribution is -2.41. The Morgan fingerprint density at radius 3 is 1.82 bits per heavy atom. The summed E-state index contributed by atoms with van der Waals surface area (Å²) in [5, 5.41) is 3.29. The lowest BCUT2D eigenvalue weighted by molar-refractivity contribution is 0.0146. The molecule has 1 fully saturated rings. The van der Waals surface area contributed by atoms with Crippen LogP contribution in [0.5, 0.6) is 0 Å². The van der Waals surface area contributed by atoms with Gasteiger partial charge in [0.1, 0.15) is 0 Å². The second-order valence-electron chi connectivity index (χ2n) is 4.18. The van der Waals surface area contributed by atoms with Gasteiger partial charge in [0.2, 0.25) is 0 Å². The van der Waals surface area contributed by atoms with E-state index in [2.05, 4.69) is 12.2 Å². The minimum atomic E-state index is 0.408. The van der Waals surface area contributed by atoms with Crippen LogP contribution in [0.4, 0.5) is 0 Å². The summed E-state index contributed by atoms with van der Waals surface area (Å²) >= 11 is 0. The fourth-order valence-electron chi connectivity index (χ4n) is 2.43. The Hall–Kier alpha value is -0.0800. The van der Waals surface area contributed by atoms with Crippen LogP contribution < -0.4 is 5.32 Å². The van der Waals surface area contributed by atoms with Crippen molar-refractivity contribution in [1.82, 2.24) is 5.32 Å². The zero-order valence-corrected chi connectivity index (χ0v) is 13.2. The van der Waals surface area contributed by atoms with Gasteiger partial charge in [-0.15, -0.1) is 0 Å². The lowest BCUT2D eigenvalue weighted by atomic mass is 9.83. The average molecular weight is 245 g/mol. The van der Waals surface area contributed by atoms with Crippen LogP contribution in [0.25, 0.3) is 0 Å². The van der Waals surface area contributed by atoms with Crippen molar-refractivity contribution in [3.05, 3.63) is 0 Å². The molecule has 106 valence electrons. The van der Waals surface area contributed by atoms with Crippen LogP contribution in [-0.4, -0.2) is 26.3 Å². The molecule has 0 saturated heterocycles. The Morgan fingerprint density at radius 1 is 1.00 bits per heavy atom. The molecule has 17 heavy (non-hydrogen) atoms. The van der Waals surface area contributed by atoms with Gasteiger partial charge in [0.15, 0.2) is 0 Å². The molecule has 2 nitrogen and oxygen atoms in total. The average Bonchev–Trinajstić information content (AvgIpc) is 2.45. The maximum Gasteiger partial charge on any atom is 0.0749 e. The molecular formula is C15H35NO. The number of nitrogens with one attached hydrogen (secondary N) is 1. The Kier molecular flexibility index (Phi) is 15.8. The first kappa shape index (κ1) is 19.3. The van der Waals surface area contributed by atoms with E-state index in [9.17, 15) is 0 Å². The Labute approximate surface area is 110 Å². The Morgan fingerprint density at radius 2 is 1.47 bits per heavy atom.